The van der Waals surface area contributed by atoms with Crippen LogP contribution in [-0.2, 0) is 17.9 Å². The third-order valence-electron chi connectivity index (χ3n) is 6.06. The molecule has 10 heteroatoms. The summed E-state index contributed by atoms with van der Waals surface area (Å²) in [4.78, 5) is 18.4. The number of carbonyl (C=O) groups excluding carboxylic acids is 1. The summed E-state index contributed by atoms with van der Waals surface area (Å²) in [6.45, 7) is 1.48. The molecule has 1 aliphatic rings. The third kappa shape index (κ3) is 6.63. The summed E-state index contributed by atoms with van der Waals surface area (Å²) in [6, 6.07) is 12.1. The Morgan fingerprint density at radius 3 is 2.64 bits per heavy atom. The number of rotatable bonds is 5. The van der Waals surface area contributed by atoms with Gasteiger partial charge in [0, 0.05) is 29.4 Å². The Balaban J connectivity index is 1.53. The van der Waals surface area contributed by atoms with Crippen molar-refractivity contribution < 1.29 is 18.0 Å². The Bertz CT molecular complexity index is 1340. The fraction of sp³-hybridized carbons (Fsp3) is 0.346. The minimum atomic E-state index is -4.45. The number of nitrogens with zero attached hydrogens (tertiary/aromatic N) is 4. The van der Waals surface area contributed by atoms with Gasteiger partial charge < -0.3 is 20.1 Å². The van der Waals surface area contributed by atoms with E-state index in [-0.39, 0.29) is 11.4 Å². The summed E-state index contributed by atoms with van der Waals surface area (Å²) in [5.74, 6) is 4.23. The van der Waals surface area contributed by atoms with Crippen LogP contribution >= 0.6 is 0 Å². The maximum Gasteiger partial charge on any atom is 0.406 e. The molecule has 0 unspecified atom stereocenters. The van der Waals surface area contributed by atoms with E-state index in [2.05, 4.69) is 39.4 Å². The van der Waals surface area contributed by atoms with Crippen LogP contribution in [0.5, 0.6) is 0 Å². The molecule has 4 rings (SSSR count). The number of aromatic nitrogens is 2. The summed E-state index contributed by atoms with van der Waals surface area (Å²) < 4.78 is 41.0. The number of hydrogen-bond donors (Lipinski definition) is 2. The van der Waals surface area contributed by atoms with E-state index >= 15 is 0 Å². The zero-order valence-corrected chi connectivity index (χ0v) is 19.7. The molecule has 2 aromatic heterocycles. The van der Waals surface area contributed by atoms with Gasteiger partial charge in [-0.2, -0.15) is 18.4 Å². The molecule has 36 heavy (non-hydrogen) atoms. The Morgan fingerprint density at radius 2 is 1.97 bits per heavy atom. The quantitative estimate of drug-likeness (QED) is 0.529. The molecule has 7 nitrogen and oxygen atoms in total. The standard InChI is InChI=1S/C26H25F3N6O/c1-34-10-8-20(9-11-34)31-15-18-2-6-24-19(12-18)13-23(35(24)17-26(27,28)29)5-7-25(36)33-22-4-3-21(14-30)32-16-22/h2-4,6,12-13,16,20,31H,8-11,15,17H2,1H3,(H,33,36). The monoisotopic (exact) mass is 494 g/mol. The van der Waals surface area contributed by atoms with Crippen LogP contribution < -0.4 is 10.6 Å². The summed E-state index contributed by atoms with van der Waals surface area (Å²) in [6.07, 6.45) is -1.03. The van der Waals surface area contributed by atoms with Gasteiger partial charge in [0.15, 0.2) is 0 Å². The van der Waals surface area contributed by atoms with E-state index in [1.54, 1.807) is 12.1 Å². The molecule has 2 N–H and O–H groups in total. The maximum absolute atomic E-state index is 13.3. The number of anilines is 1. The molecule has 3 heterocycles. The predicted molar refractivity (Wildman–Crippen MR) is 130 cm³/mol. The van der Waals surface area contributed by atoms with Gasteiger partial charge in [-0.3, -0.25) is 4.79 Å². The molecule has 1 aliphatic heterocycles. The smallest absolute Gasteiger partial charge is 0.325 e. The third-order valence-corrected chi connectivity index (χ3v) is 6.06. The number of piperidine rings is 1. The SMILES string of the molecule is CN1CCC(NCc2ccc3c(c2)cc(C#CC(=O)Nc2ccc(C#N)nc2)n3CC(F)(F)F)CC1. The minimum Gasteiger partial charge on any atom is -0.325 e. The van der Waals surface area contributed by atoms with Gasteiger partial charge in [0.2, 0.25) is 0 Å². The lowest BCUT2D eigenvalue weighted by Gasteiger charge is -2.29. The molecular weight excluding hydrogens is 469 g/mol. The van der Waals surface area contributed by atoms with Crippen LogP contribution in [-0.4, -0.2) is 52.7 Å². The average Bonchev–Trinajstić information content (AvgIpc) is 3.18. The van der Waals surface area contributed by atoms with E-state index in [0.717, 1.165) is 36.1 Å². The largest absolute Gasteiger partial charge is 0.406 e. The molecule has 0 atom stereocenters. The molecule has 1 saturated heterocycles. The Morgan fingerprint density at radius 1 is 1.19 bits per heavy atom. The van der Waals surface area contributed by atoms with Crippen molar-refractivity contribution in [1.82, 2.24) is 19.8 Å². The van der Waals surface area contributed by atoms with Crippen molar-refractivity contribution in [3.05, 3.63) is 59.5 Å². The van der Waals surface area contributed by atoms with Gasteiger partial charge in [0.25, 0.3) is 0 Å². The summed E-state index contributed by atoms with van der Waals surface area (Å²) >= 11 is 0. The van der Waals surface area contributed by atoms with Crippen LogP contribution in [0.1, 0.15) is 29.8 Å². The highest BCUT2D eigenvalue weighted by Crippen LogP contribution is 2.26. The van der Waals surface area contributed by atoms with E-state index in [1.165, 1.54) is 18.3 Å². The number of likely N-dealkylation sites (tertiary alicyclic amines) is 1. The first-order valence-corrected chi connectivity index (χ1v) is 11.5. The highest BCUT2D eigenvalue weighted by atomic mass is 19.4. The van der Waals surface area contributed by atoms with Gasteiger partial charge in [-0.1, -0.05) is 6.07 Å². The molecule has 3 aromatic rings. The van der Waals surface area contributed by atoms with Crippen molar-refractivity contribution in [2.24, 2.45) is 0 Å². The minimum absolute atomic E-state index is 0.0934. The van der Waals surface area contributed by atoms with Crippen LogP contribution in [0, 0.1) is 23.2 Å². The molecule has 0 saturated carbocycles. The van der Waals surface area contributed by atoms with Crippen molar-refractivity contribution in [1.29, 1.82) is 5.26 Å². The van der Waals surface area contributed by atoms with E-state index in [4.69, 9.17) is 5.26 Å². The van der Waals surface area contributed by atoms with Crippen molar-refractivity contribution in [3.63, 3.8) is 0 Å². The zero-order chi connectivity index (χ0) is 25.7. The van der Waals surface area contributed by atoms with Crippen LogP contribution in [0.2, 0.25) is 0 Å². The number of pyridine rings is 1. The number of nitriles is 1. The second-order valence-corrected chi connectivity index (χ2v) is 8.83. The van der Waals surface area contributed by atoms with Gasteiger partial charge in [-0.05, 0) is 74.8 Å². The maximum atomic E-state index is 13.3. The van der Waals surface area contributed by atoms with Gasteiger partial charge in [0.05, 0.1) is 17.6 Å². The highest BCUT2D eigenvalue weighted by Gasteiger charge is 2.29. The number of nitrogens with one attached hydrogen (secondary N) is 2. The van der Waals surface area contributed by atoms with Crippen LogP contribution in [0.25, 0.3) is 10.9 Å². The number of benzene rings is 1. The molecular formula is C26H25F3N6O. The van der Waals surface area contributed by atoms with Gasteiger partial charge in [0.1, 0.15) is 18.3 Å². The molecule has 1 aromatic carbocycles. The Kier molecular flexibility index (Phi) is 7.58. The number of alkyl halides is 3. The van der Waals surface area contributed by atoms with E-state index in [0.29, 0.717) is 29.2 Å². The van der Waals surface area contributed by atoms with E-state index in [1.807, 2.05) is 18.2 Å². The number of hydrogen-bond acceptors (Lipinski definition) is 5. The molecule has 0 radical (unpaired) electrons. The summed E-state index contributed by atoms with van der Waals surface area (Å²) in [7, 11) is 2.10. The van der Waals surface area contributed by atoms with Crippen molar-refractivity contribution in [3.8, 4) is 17.9 Å². The lowest BCUT2D eigenvalue weighted by atomic mass is 10.0. The highest BCUT2D eigenvalue weighted by molar-refractivity contribution is 6.04. The summed E-state index contributed by atoms with van der Waals surface area (Å²) in [5, 5.41) is 15.5. The Hall–Kier alpha value is -3.86. The molecule has 0 bridgehead atoms. The van der Waals surface area contributed by atoms with Crippen molar-refractivity contribution in [2.75, 3.05) is 25.5 Å². The van der Waals surface area contributed by atoms with Crippen LogP contribution in [0.4, 0.5) is 18.9 Å². The molecule has 1 amide bonds. The van der Waals surface area contributed by atoms with Crippen LogP contribution in [0.3, 0.4) is 0 Å². The first-order valence-electron chi connectivity index (χ1n) is 11.5. The Labute approximate surface area is 206 Å². The number of fused-ring (bicyclic) bond motifs is 1. The average molecular weight is 495 g/mol. The topological polar surface area (TPSA) is 86.0 Å². The lowest BCUT2D eigenvalue weighted by molar-refractivity contribution is -0.140. The van der Waals surface area contributed by atoms with Crippen molar-refractivity contribution >= 4 is 22.5 Å². The fourth-order valence-electron chi connectivity index (χ4n) is 4.18. The fourth-order valence-corrected chi connectivity index (χ4v) is 4.18. The molecule has 0 spiro atoms. The number of halogens is 3. The zero-order valence-electron chi connectivity index (χ0n) is 19.7. The van der Waals surface area contributed by atoms with Gasteiger partial charge >= 0.3 is 12.1 Å². The lowest BCUT2D eigenvalue weighted by Crippen LogP contribution is -2.40. The van der Waals surface area contributed by atoms with Crippen molar-refractivity contribution in [2.45, 2.75) is 38.1 Å². The number of amides is 1. The van der Waals surface area contributed by atoms with Gasteiger partial charge in [-0.15, -0.1) is 0 Å². The second kappa shape index (κ2) is 10.8. The molecule has 1 fully saturated rings. The number of carbonyl (C=O) groups is 1. The summed E-state index contributed by atoms with van der Waals surface area (Å²) in [5.41, 5.74) is 1.98. The molecule has 0 aliphatic carbocycles. The van der Waals surface area contributed by atoms with Crippen LogP contribution in [0.15, 0.2) is 42.6 Å². The van der Waals surface area contributed by atoms with E-state index < -0.39 is 18.6 Å². The van der Waals surface area contributed by atoms with Gasteiger partial charge in [-0.25, -0.2) is 4.98 Å². The normalized spacial score (nSPS) is 14.8. The second-order valence-electron chi connectivity index (χ2n) is 8.83. The first kappa shape index (κ1) is 25.2. The first-order chi connectivity index (χ1) is 17.2. The molecule has 186 valence electrons. The predicted octanol–water partition coefficient (Wildman–Crippen LogP) is 3.64. The van der Waals surface area contributed by atoms with E-state index in [9.17, 15) is 18.0 Å².